The van der Waals surface area contributed by atoms with Crippen LogP contribution in [0.2, 0.25) is 10.0 Å². The number of nitrogens with two attached hydrogens (primary N) is 1. The Hall–Kier alpha value is -3.72. The van der Waals surface area contributed by atoms with Gasteiger partial charge in [-0.2, -0.15) is 4.31 Å². The zero-order chi connectivity index (χ0) is 32.8. The standard InChI is InChI=1S/C28H34Cl2N6O7S/c1-28(2,3)43-27(40)36-13-12-32-26(36)19-10-8-18(9-11-19)15-34(4)24(39)14-33-23(38)17-35(16-22(31)37)44(41,42)25-20(29)6-5-7-21(25)30/h5-11H,12-17H2,1-4H3,(H2,31,37)(H,33,38). The Morgan fingerprint density at radius 1 is 1.05 bits per heavy atom. The molecule has 0 saturated carbocycles. The van der Waals surface area contributed by atoms with Crippen LogP contribution in [0.5, 0.6) is 0 Å². The number of hydrogen-bond acceptors (Lipinski definition) is 8. The highest BCUT2D eigenvalue weighted by Gasteiger charge is 2.32. The molecule has 0 fully saturated rings. The van der Waals surface area contributed by atoms with Gasteiger partial charge in [0.1, 0.15) is 16.3 Å². The van der Waals surface area contributed by atoms with Gasteiger partial charge < -0.3 is 20.7 Å². The molecule has 0 spiro atoms. The molecule has 0 unspecified atom stereocenters. The van der Waals surface area contributed by atoms with Gasteiger partial charge in [-0.05, 0) is 38.5 Å². The molecule has 16 heteroatoms. The molecule has 2 aromatic rings. The normalized spacial score (nSPS) is 13.4. The van der Waals surface area contributed by atoms with E-state index >= 15 is 0 Å². The Bertz CT molecular complexity index is 1540. The maximum absolute atomic E-state index is 13.2. The monoisotopic (exact) mass is 668 g/mol. The molecule has 3 N–H and O–H groups in total. The highest BCUT2D eigenvalue weighted by Crippen LogP contribution is 2.31. The Kier molecular flexibility index (Phi) is 11.4. The first-order valence-electron chi connectivity index (χ1n) is 13.4. The zero-order valence-corrected chi connectivity index (χ0v) is 27.0. The van der Waals surface area contributed by atoms with E-state index in [0.29, 0.717) is 28.8 Å². The van der Waals surface area contributed by atoms with Gasteiger partial charge in [-0.25, -0.2) is 13.2 Å². The lowest BCUT2D eigenvalue weighted by molar-refractivity contribution is -0.132. The summed E-state index contributed by atoms with van der Waals surface area (Å²) in [5.41, 5.74) is 6.05. The fourth-order valence-electron chi connectivity index (χ4n) is 4.09. The summed E-state index contributed by atoms with van der Waals surface area (Å²) in [4.78, 5) is 56.3. The van der Waals surface area contributed by atoms with Crippen molar-refractivity contribution in [2.75, 3.05) is 39.8 Å². The maximum atomic E-state index is 13.2. The minimum atomic E-state index is -4.50. The van der Waals surface area contributed by atoms with Crippen molar-refractivity contribution in [3.05, 3.63) is 63.6 Å². The lowest BCUT2D eigenvalue weighted by Crippen LogP contribution is -2.46. The van der Waals surface area contributed by atoms with Crippen molar-refractivity contribution in [2.45, 2.75) is 37.8 Å². The Labute approximate surface area is 266 Å². The number of carbonyl (C=O) groups excluding carboxylic acids is 4. The smallest absolute Gasteiger partial charge is 0.416 e. The van der Waals surface area contributed by atoms with E-state index in [0.717, 1.165) is 5.56 Å². The minimum Gasteiger partial charge on any atom is -0.443 e. The summed E-state index contributed by atoms with van der Waals surface area (Å²) in [6, 6.07) is 11.2. The zero-order valence-electron chi connectivity index (χ0n) is 24.7. The molecule has 0 aliphatic carbocycles. The van der Waals surface area contributed by atoms with Crippen LogP contribution in [0.4, 0.5) is 4.79 Å². The van der Waals surface area contributed by atoms with Crippen molar-refractivity contribution in [1.29, 1.82) is 0 Å². The van der Waals surface area contributed by atoms with E-state index in [1.54, 1.807) is 45.0 Å². The lowest BCUT2D eigenvalue weighted by atomic mass is 10.1. The van der Waals surface area contributed by atoms with Crippen molar-refractivity contribution >= 4 is 62.9 Å². The van der Waals surface area contributed by atoms with Crippen LogP contribution in [0.25, 0.3) is 0 Å². The summed E-state index contributed by atoms with van der Waals surface area (Å²) in [6.45, 7) is 4.37. The molecule has 1 heterocycles. The van der Waals surface area contributed by atoms with Crippen LogP contribution in [-0.2, 0) is 35.7 Å². The molecule has 238 valence electrons. The van der Waals surface area contributed by atoms with E-state index < -0.39 is 64.0 Å². The van der Waals surface area contributed by atoms with Crippen molar-refractivity contribution in [1.82, 2.24) is 19.4 Å². The third kappa shape index (κ3) is 9.14. The van der Waals surface area contributed by atoms with Gasteiger partial charge in [0.25, 0.3) is 0 Å². The van der Waals surface area contributed by atoms with Crippen molar-refractivity contribution in [3.8, 4) is 0 Å². The quantitative estimate of drug-likeness (QED) is 0.369. The van der Waals surface area contributed by atoms with E-state index in [2.05, 4.69) is 10.3 Å². The number of rotatable bonds is 11. The van der Waals surface area contributed by atoms with Crippen LogP contribution in [0, 0.1) is 0 Å². The second kappa shape index (κ2) is 14.4. The predicted molar refractivity (Wildman–Crippen MR) is 165 cm³/mol. The first kappa shape index (κ1) is 34.8. The van der Waals surface area contributed by atoms with Crippen molar-refractivity contribution in [3.63, 3.8) is 0 Å². The fraction of sp³-hybridized carbons (Fsp3) is 0.393. The molecule has 4 amide bonds. The molecular formula is C28H34Cl2N6O7S. The largest absolute Gasteiger partial charge is 0.443 e. The van der Waals surface area contributed by atoms with Crippen molar-refractivity contribution in [2.24, 2.45) is 10.7 Å². The number of amides is 4. The van der Waals surface area contributed by atoms with E-state index in [1.165, 1.54) is 35.0 Å². The van der Waals surface area contributed by atoms with Gasteiger partial charge in [0, 0.05) is 19.2 Å². The number of sulfonamides is 1. The molecule has 0 bridgehead atoms. The van der Waals surface area contributed by atoms with Crippen LogP contribution in [0.3, 0.4) is 0 Å². The molecule has 0 atom stereocenters. The van der Waals surface area contributed by atoms with Gasteiger partial charge in [0.15, 0.2) is 0 Å². The summed E-state index contributed by atoms with van der Waals surface area (Å²) in [5.74, 6) is -1.82. The predicted octanol–water partition coefficient (Wildman–Crippen LogP) is 2.24. The number of primary amides is 1. The number of amidine groups is 1. The topological polar surface area (TPSA) is 172 Å². The summed E-state index contributed by atoms with van der Waals surface area (Å²) >= 11 is 12.1. The van der Waals surface area contributed by atoms with Crippen LogP contribution >= 0.6 is 23.2 Å². The Morgan fingerprint density at radius 3 is 2.23 bits per heavy atom. The van der Waals surface area contributed by atoms with Gasteiger partial charge in [-0.1, -0.05) is 53.5 Å². The maximum Gasteiger partial charge on any atom is 0.416 e. The van der Waals surface area contributed by atoms with Crippen molar-refractivity contribution < 1.29 is 32.3 Å². The van der Waals surface area contributed by atoms with E-state index in [4.69, 9.17) is 33.7 Å². The third-order valence-corrected chi connectivity index (χ3v) is 8.87. The van der Waals surface area contributed by atoms with Gasteiger partial charge in [-0.3, -0.25) is 24.3 Å². The van der Waals surface area contributed by atoms with Gasteiger partial charge in [0.2, 0.25) is 27.7 Å². The van der Waals surface area contributed by atoms with Gasteiger partial charge >= 0.3 is 6.09 Å². The Morgan fingerprint density at radius 2 is 1.66 bits per heavy atom. The molecule has 1 aliphatic heterocycles. The number of benzene rings is 2. The molecule has 3 rings (SSSR count). The summed E-state index contributed by atoms with van der Waals surface area (Å²) < 4.78 is 32.3. The van der Waals surface area contributed by atoms with E-state index in [-0.39, 0.29) is 16.6 Å². The van der Waals surface area contributed by atoms with Crippen LogP contribution in [0.15, 0.2) is 52.4 Å². The summed E-state index contributed by atoms with van der Waals surface area (Å²) in [7, 11) is -2.96. The Balaban J connectivity index is 1.58. The third-order valence-electron chi connectivity index (χ3n) is 6.12. The number of carbonyl (C=O) groups is 4. The summed E-state index contributed by atoms with van der Waals surface area (Å²) in [5, 5.41) is 1.96. The van der Waals surface area contributed by atoms with Crippen LogP contribution in [-0.4, -0.2) is 97.5 Å². The van der Waals surface area contributed by atoms with Crippen LogP contribution < -0.4 is 11.1 Å². The first-order chi connectivity index (χ1) is 20.5. The average Bonchev–Trinajstić information content (AvgIpc) is 3.41. The number of halogens is 2. The van der Waals surface area contributed by atoms with Crippen LogP contribution in [0.1, 0.15) is 31.9 Å². The molecule has 2 aromatic carbocycles. The molecule has 0 saturated heterocycles. The average molecular weight is 670 g/mol. The van der Waals surface area contributed by atoms with Gasteiger partial charge in [0.05, 0.1) is 42.8 Å². The van der Waals surface area contributed by atoms with E-state index in [1.807, 2.05) is 0 Å². The first-order valence-corrected chi connectivity index (χ1v) is 15.6. The number of aliphatic imine (C=N–C) groups is 1. The second-order valence-electron chi connectivity index (χ2n) is 10.9. The SMILES string of the molecule is CN(Cc1ccc(C2=NCCN2C(=O)OC(C)(C)C)cc1)C(=O)CNC(=O)CN(CC(N)=O)S(=O)(=O)c1c(Cl)cccc1Cl. The number of nitrogens with zero attached hydrogens (tertiary/aromatic N) is 4. The molecule has 13 nitrogen and oxygen atoms in total. The molecule has 44 heavy (non-hydrogen) atoms. The second-order valence-corrected chi connectivity index (χ2v) is 13.5. The molecule has 0 aromatic heterocycles. The highest BCUT2D eigenvalue weighted by molar-refractivity contribution is 7.89. The number of ether oxygens (including phenoxy) is 1. The van der Waals surface area contributed by atoms with Gasteiger partial charge in [-0.15, -0.1) is 0 Å². The number of likely N-dealkylation sites (N-methyl/N-ethyl adjacent to an activating group) is 1. The lowest BCUT2D eigenvalue weighted by Gasteiger charge is -2.25. The van der Waals surface area contributed by atoms with E-state index in [9.17, 15) is 27.6 Å². The molecule has 0 radical (unpaired) electrons. The highest BCUT2D eigenvalue weighted by atomic mass is 35.5. The minimum absolute atomic E-state index is 0.199. The summed E-state index contributed by atoms with van der Waals surface area (Å²) in [6.07, 6.45) is -0.479. The molecular weight excluding hydrogens is 635 g/mol. The number of nitrogens with one attached hydrogen (secondary N) is 1. The number of hydrogen-bond donors (Lipinski definition) is 2. The molecule has 1 aliphatic rings. The fourth-order valence-corrected chi connectivity index (χ4v) is 6.55.